The molecule has 0 amide bonds. The van der Waals surface area contributed by atoms with E-state index in [9.17, 15) is 0 Å². The average molecular weight is 237 g/mol. The fourth-order valence-corrected chi connectivity index (χ4v) is 3.96. The molecule has 2 aliphatic carbocycles. The van der Waals surface area contributed by atoms with Gasteiger partial charge >= 0.3 is 0 Å². The number of nitrogens with one attached hydrogen (secondary N) is 1. The second-order valence-corrected chi connectivity index (χ2v) is 7.51. The van der Waals surface area contributed by atoms with Crippen molar-refractivity contribution in [2.24, 2.45) is 11.3 Å². The summed E-state index contributed by atoms with van der Waals surface area (Å²) >= 11 is 0. The maximum Gasteiger partial charge on any atom is 0.00967 e. The zero-order chi connectivity index (χ0) is 12.4. The molecule has 0 aromatic carbocycles. The lowest BCUT2D eigenvalue weighted by Crippen LogP contribution is -2.47. The Kier molecular flexibility index (Phi) is 4.18. The van der Waals surface area contributed by atoms with Crippen LogP contribution in [0.1, 0.15) is 78.6 Å². The first-order valence-electron chi connectivity index (χ1n) is 7.77. The third-order valence-corrected chi connectivity index (χ3v) is 5.04. The number of hydrogen-bond donors (Lipinski definition) is 1. The topological polar surface area (TPSA) is 12.0 Å². The van der Waals surface area contributed by atoms with Crippen LogP contribution in [0.4, 0.5) is 0 Å². The van der Waals surface area contributed by atoms with Crippen molar-refractivity contribution in [3.63, 3.8) is 0 Å². The van der Waals surface area contributed by atoms with Crippen molar-refractivity contribution >= 4 is 0 Å². The second-order valence-electron chi connectivity index (χ2n) is 7.51. The van der Waals surface area contributed by atoms with Crippen molar-refractivity contribution < 1.29 is 0 Å². The molecule has 0 aromatic heterocycles. The van der Waals surface area contributed by atoms with E-state index in [0.717, 1.165) is 5.92 Å². The minimum absolute atomic E-state index is 0.281. The maximum atomic E-state index is 3.81. The third-order valence-electron chi connectivity index (χ3n) is 5.04. The largest absolute Gasteiger partial charge is 0.312 e. The van der Waals surface area contributed by atoms with E-state index in [4.69, 9.17) is 0 Å². The monoisotopic (exact) mass is 237 g/mol. The normalized spacial score (nSPS) is 26.3. The van der Waals surface area contributed by atoms with Gasteiger partial charge in [-0.05, 0) is 57.8 Å². The van der Waals surface area contributed by atoms with E-state index in [-0.39, 0.29) is 5.54 Å². The molecular weight excluding hydrogens is 206 g/mol. The Hall–Kier alpha value is -0.0400. The summed E-state index contributed by atoms with van der Waals surface area (Å²) < 4.78 is 0. The van der Waals surface area contributed by atoms with Gasteiger partial charge in [-0.15, -0.1) is 0 Å². The molecule has 17 heavy (non-hydrogen) atoms. The lowest BCUT2D eigenvalue weighted by Gasteiger charge is -2.44. The Balaban J connectivity index is 2.00. The molecule has 100 valence electrons. The van der Waals surface area contributed by atoms with Gasteiger partial charge in [0.1, 0.15) is 0 Å². The Bertz CT molecular complexity index is 226. The summed E-state index contributed by atoms with van der Waals surface area (Å²) in [6, 6.07) is 0. The van der Waals surface area contributed by atoms with Gasteiger partial charge in [-0.2, -0.15) is 0 Å². The summed E-state index contributed by atoms with van der Waals surface area (Å²) in [6.07, 6.45) is 13.4. The minimum atomic E-state index is 0.281. The van der Waals surface area contributed by atoms with E-state index in [0.29, 0.717) is 5.41 Å². The lowest BCUT2D eigenvalue weighted by atomic mass is 9.65. The molecule has 0 radical (unpaired) electrons. The van der Waals surface area contributed by atoms with Crippen molar-refractivity contribution in [1.82, 2.24) is 5.32 Å². The average Bonchev–Trinajstić information content (AvgIpc) is 2.81. The quantitative estimate of drug-likeness (QED) is 0.761. The molecule has 0 heterocycles. The van der Waals surface area contributed by atoms with Crippen LogP contribution in [-0.2, 0) is 0 Å². The van der Waals surface area contributed by atoms with Crippen molar-refractivity contribution in [1.29, 1.82) is 0 Å². The van der Waals surface area contributed by atoms with Crippen LogP contribution < -0.4 is 5.32 Å². The van der Waals surface area contributed by atoms with Gasteiger partial charge in [0.05, 0.1) is 0 Å². The number of hydrogen-bond acceptors (Lipinski definition) is 1. The van der Waals surface area contributed by atoms with Gasteiger partial charge in [0.2, 0.25) is 0 Å². The number of rotatable bonds is 3. The van der Waals surface area contributed by atoms with Crippen LogP contribution in [0.15, 0.2) is 0 Å². The molecule has 2 rings (SSSR count). The van der Waals surface area contributed by atoms with Gasteiger partial charge < -0.3 is 5.32 Å². The minimum Gasteiger partial charge on any atom is -0.312 e. The lowest BCUT2D eigenvalue weighted by molar-refractivity contribution is 0.0878. The Morgan fingerprint density at radius 1 is 0.941 bits per heavy atom. The van der Waals surface area contributed by atoms with Gasteiger partial charge in [0.25, 0.3) is 0 Å². The summed E-state index contributed by atoms with van der Waals surface area (Å²) in [7, 11) is 0. The molecule has 2 aliphatic rings. The van der Waals surface area contributed by atoms with Gasteiger partial charge in [0, 0.05) is 12.1 Å². The van der Waals surface area contributed by atoms with Crippen LogP contribution in [0.5, 0.6) is 0 Å². The molecule has 0 saturated heterocycles. The Labute approximate surface area is 108 Å². The fraction of sp³-hybridized carbons (Fsp3) is 1.00. The smallest absolute Gasteiger partial charge is 0.00967 e. The summed E-state index contributed by atoms with van der Waals surface area (Å²) in [5.74, 6) is 1.03. The zero-order valence-electron chi connectivity index (χ0n) is 12.1. The SMILES string of the molecule is CC(C)(C)NCC1(C2CCCC2)CCCCC1. The molecule has 0 aliphatic heterocycles. The van der Waals surface area contributed by atoms with E-state index < -0.39 is 0 Å². The maximum absolute atomic E-state index is 3.81. The summed E-state index contributed by atoms with van der Waals surface area (Å²) in [5, 5.41) is 3.81. The van der Waals surface area contributed by atoms with Crippen molar-refractivity contribution in [3.8, 4) is 0 Å². The van der Waals surface area contributed by atoms with E-state index in [1.165, 1.54) is 64.3 Å². The molecule has 0 aromatic rings. The van der Waals surface area contributed by atoms with E-state index in [2.05, 4.69) is 26.1 Å². The van der Waals surface area contributed by atoms with Gasteiger partial charge in [-0.3, -0.25) is 0 Å². The first-order chi connectivity index (χ1) is 8.02. The van der Waals surface area contributed by atoms with Gasteiger partial charge in [-0.1, -0.05) is 32.1 Å². The Morgan fingerprint density at radius 3 is 2.06 bits per heavy atom. The van der Waals surface area contributed by atoms with Crippen LogP contribution in [0.25, 0.3) is 0 Å². The van der Waals surface area contributed by atoms with Crippen LogP contribution >= 0.6 is 0 Å². The predicted molar refractivity (Wildman–Crippen MR) is 75.2 cm³/mol. The first kappa shape index (κ1) is 13.4. The van der Waals surface area contributed by atoms with Gasteiger partial charge in [-0.25, -0.2) is 0 Å². The summed E-state index contributed by atoms with van der Waals surface area (Å²) in [5.41, 5.74) is 0.936. The molecule has 0 bridgehead atoms. The van der Waals surface area contributed by atoms with E-state index >= 15 is 0 Å². The molecule has 2 fully saturated rings. The summed E-state index contributed by atoms with van der Waals surface area (Å²) in [4.78, 5) is 0. The zero-order valence-corrected chi connectivity index (χ0v) is 12.1. The van der Waals surface area contributed by atoms with Crippen molar-refractivity contribution in [2.75, 3.05) is 6.54 Å². The molecular formula is C16H31N. The fourth-order valence-electron chi connectivity index (χ4n) is 3.96. The molecule has 1 N–H and O–H groups in total. The molecule has 0 spiro atoms. The summed E-state index contributed by atoms with van der Waals surface area (Å²) in [6.45, 7) is 8.18. The second kappa shape index (κ2) is 5.30. The Morgan fingerprint density at radius 2 is 1.53 bits per heavy atom. The highest BCUT2D eigenvalue weighted by atomic mass is 15.0. The van der Waals surface area contributed by atoms with E-state index in [1.54, 1.807) is 0 Å². The third kappa shape index (κ3) is 3.47. The molecule has 0 unspecified atom stereocenters. The van der Waals surface area contributed by atoms with Crippen LogP contribution in [0.2, 0.25) is 0 Å². The molecule has 2 saturated carbocycles. The predicted octanol–water partition coefficient (Wildman–Crippen LogP) is 4.52. The molecule has 1 heteroatoms. The van der Waals surface area contributed by atoms with Crippen molar-refractivity contribution in [3.05, 3.63) is 0 Å². The van der Waals surface area contributed by atoms with E-state index in [1.807, 2.05) is 0 Å². The van der Waals surface area contributed by atoms with Crippen LogP contribution in [0, 0.1) is 11.3 Å². The van der Waals surface area contributed by atoms with Gasteiger partial charge in [0.15, 0.2) is 0 Å². The standard InChI is InChI=1S/C16H31N/c1-15(2,3)17-13-16(11-7-4-8-12-16)14-9-5-6-10-14/h14,17H,4-13H2,1-3H3. The van der Waals surface area contributed by atoms with Crippen LogP contribution in [0.3, 0.4) is 0 Å². The highest BCUT2D eigenvalue weighted by Crippen LogP contribution is 2.48. The molecule has 1 nitrogen and oxygen atoms in total. The first-order valence-corrected chi connectivity index (χ1v) is 7.77. The molecule has 0 atom stereocenters. The van der Waals surface area contributed by atoms with Crippen molar-refractivity contribution in [2.45, 2.75) is 84.1 Å². The van der Waals surface area contributed by atoms with Crippen LogP contribution in [-0.4, -0.2) is 12.1 Å². The highest BCUT2D eigenvalue weighted by molar-refractivity contribution is 4.94. The highest BCUT2D eigenvalue weighted by Gasteiger charge is 2.40.